The predicted octanol–water partition coefficient (Wildman–Crippen LogP) is -0.572. The van der Waals surface area contributed by atoms with Crippen molar-refractivity contribution in [1.29, 1.82) is 0 Å². The van der Waals surface area contributed by atoms with Crippen LogP contribution >= 0.6 is 11.8 Å². The van der Waals surface area contributed by atoms with Crippen molar-refractivity contribution in [2.75, 3.05) is 19.5 Å². The standard InChI is InChI=1S/C15H19N3O5S/c1-23-10-4-2-9(3-5-10)11-6-18(17-16-11)15(22)13(20)8-24-12(7-19)14(15)21/h2-6,12-14,19-22H,7-8H2,1H3/t12-,13+,14+,15-/m1/s1. The second kappa shape index (κ2) is 6.69. The number of rotatable bonds is 4. The van der Waals surface area contributed by atoms with E-state index in [1.54, 1.807) is 31.4 Å². The molecule has 0 amide bonds. The molecule has 1 aromatic carbocycles. The molecule has 3 rings (SSSR count). The molecule has 0 saturated carbocycles. The first kappa shape index (κ1) is 17.2. The molecule has 1 aliphatic heterocycles. The summed E-state index contributed by atoms with van der Waals surface area (Å²) < 4.78 is 6.16. The summed E-state index contributed by atoms with van der Waals surface area (Å²) in [5, 5.41) is 48.0. The van der Waals surface area contributed by atoms with Crippen LogP contribution in [0.2, 0.25) is 0 Å². The highest BCUT2D eigenvalue weighted by Gasteiger charge is 2.52. The number of hydrogen-bond acceptors (Lipinski definition) is 8. The van der Waals surface area contributed by atoms with Gasteiger partial charge in [0.2, 0.25) is 5.72 Å². The summed E-state index contributed by atoms with van der Waals surface area (Å²) in [6.07, 6.45) is -1.18. The third-order valence-corrected chi connectivity index (χ3v) is 5.52. The number of aromatic nitrogens is 3. The molecule has 1 aliphatic rings. The van der Waals surface area contributed by atoms with Crippen molar-refractivity contribution in [1.82, 2.24) is 15.0 Å². The van der Waals surface area contributed by atoms with E-state index in [9.17, 15) is 20.4 Å². The highest BCUT2D eigenvalue weighted by Crippen LogP contribution is 2.37. The fraction of sp³-hybridized carbons (Fsp3) is 0.467. The van der Waals surface area contributed by atoms with Gasteiger partial charge < -0.3 is 25.2 Å². The van der Waals surface area contributed by atoms with Crippen LogP contribution in [-0.4, -0.2) is 72.3 Å². The number of aliphatic hydroxyl groups excluding tert-OH is 3. The van der Waals surface area contributed by atoms with Gasteiger partial charge in [0.15, 0.2) is 0 Å². The van der Waals surface area contributed by atoms with Gasteiger partial charge in [-0.1, -0.05) is 5.21 Å². The van der Waals surface area contributed by atoms with Gasteiger partial charge in [0.25, 0.3) is 0 Å². The molecule has 9 heteroatoms. The molecule has 2 heterocycles. The molecule has 2 aromatic rings. The highest BCUT2D eigenvalue weighted by atomic mass is 32.2. The van der Waals surface area contributed by atoms with Crippen LogP contribution in [0, 0.1) is 0 Å². The molecule has 24 heavy (non-hydrogen) atoms. The summed E-state index contributed by atoms with van der Waals surface area (Å²) >= 11 is 1.20. The van der Waals surface area contributed by atoms with Crippen LogP contribution < -0.4 is 4.74 Å². The Hall–Kier alpha value is -1.65. The molecule has 0 aliphatic carbocycles. The van der Waals surface area contributed by atoms with Gasteiger partial charge in [-0.25, -0.2) is 4.68 Å². The fourth-order valence-electron chi connectivity index (χ4n) is 2.67. The Morgan fingerprint density at radius 2 is 2.04 bits per heavy atom. The second-order valence-electron chi connectivity index (χ2n) is 5.57. The largest absolute Gasteiger partial charge is 0.497 e. The molecule has 0 unspecified atom stereocenters. The molecule has 1 saturated heterocycles. The van der Waals surface area contributed by atoms with E-state index in [0.717, 1.165) is 10.2 Å². The minimum Gasteiger partial charge on any atom is -0.497 e. The second-order valence-corrected chi connectivity index (χ2v) is 6.85. The van der Waals surface area contributed by atoms with Crippen molar-refractivity contribution in [3.8, 4) is 17.0 Å². The van der Waals surface area contributed by atoms with Crippen LogP contribution in [0.5, 0.6) is 5.75 Å². The predicted molar refractivity (Wildman–Crippen MR) is 87.5 cm³/mol. The molecular formula is C15H19N3O5S. The van der Waals surface area contributed by atoms with E-state index >= 15 is 0 Å². The Bertz CT molecular complexity index is 695. The monoisotopic (exact) mass is 353 g/mol. The number of hydrogen-bond donors (Lipinski definition) is 4. The molecule has 0 radical (unpaired) electrons. The zero-order chi connectivity index (χ0) is 17.3. The third-order valence-electron chi connectivity index (χ3n) is 4.17. The first-order valence-corrected chi connectivity index (χ1v) is 8.43. The zero-order valence-corrected chi connectivity index (χ0v) is 13.8. The van der Waals surface area contributed by atoms with E-state index < -0.39 is 23.2 Å². The summed E-state index contributed by atoms with van der Waals surface area (Å²) in [6.45, 7) is -0.319. The van der Waals surface area contributed by atoms with Gasteiger partial charge in [-0.15, -0.1) is 5.10 Å². The van der Waals surface area contributed by atoms with Crippen molar-refractivity contribution in [3.05, 3.63) is 30.5 Å². The Morgan fingerprint density at radius 3 is 2.67 bits per heavy atom. The average Bonchev–Trinajstić information content (AvgIpc) is 3.10. The summed E-state index contributed by atoms with van der Waals surface area (Å²) in [7, 11) is 1.57. The molecule has 0 spiro atoms. The van der Waals surface area contributed by atoms with Gasteiger partial charge in [0, 0.05) is 11.3 Å². The van der Waals surface area contributed by atoms with Gasteiger partial charge in [0.05, 0.1) is 25.2 Å². The van der Waals surface area contributed by atoms with Gasteiger partial charge in [-0.05, 0) is 24.3 Å². The zero-order valence-electron chi connectivity index (χ0n) is 13.0. The lowest BCUT2D eigenvalue weighted by Gasteiger charge is -2.43. The molecule has 8 nitrogen and oxygen atoms in total. The topological polar surface area (TPSA) is 121 Å². The lowest BCUT2D eigenvalue weighted by Crippen LogP contribution is -2.62. The Morgan fingerprint density at radius 1 is 1.33 bits per heavy atom. The lowest BCUT2D eigenvalue weighted by atomic mass is 9.97. The van der Waals surface area contributed by atoms with Crippen LogP contribution in [0.4, 0.5) is 0 Å². The molecule has 1 fully saturated rings. The van der Waals surface area contributed by atoms with Crippen molar-refractivity contribution in [2.24, 2.45) is 0 Å². The summed E-state index contributed by atoms with van der Waals surface area (Å²) in [4.78, 5) is 0. The molecule has 0 bridgehead atoms. The van der Waals surface area contributed by atoms with Crippen molar-refractivity contribution >= 4 is 11.8 Å². The van der Waals surface area contributed by atoms with E-state index in [1.165, 1.54) is 18.0 Å². The van der Waals surface area contributed by atoms with Gasteiger partial charge in [0.1, 0.15) is 23.7 Å². The van der Waals surface area contributed by atoms with Crippen LogP contribution in [0.25, 0.3) is 11.3 Å². The molecule has 4 atom stereocenters. The molecule has 1 aromatic heterocycles. The van der Waals surface area contributed by atoms with Crippen LogP contribution in [0.1, 0.15) is 0 Å². The summed E-state index contributed by atoms with van der Waals surface area (Å²) in [5.41, 5.74) is -0.820. The molecular weight excluding hydrogens is 334 g/mol. The van der Waals surface area contributed by atoms with Crippen LogP contribution in [-0.2, 0) is 5.72 Å². The van der Waals surface area contributed by atoms with E-state index in [0.29, 0.717) is 11.4 Å². The van der Waals surface area contributed by atoms with Crippen molar-refractivity contribution in [3.63, 3.8) is 0 Å². The van der Waals surface area contributed by atoms with E-state index in [4.69, 9.17) is 4.74 Å². The maximum Gasteiger partial charge on any atom is 0.213 e. The minimum atomic E-state index is -2.05. The highest BCUT2D eigenvalue weighted by molar-refractivity contribution is 8.00. The summed E-state index contributed by atoms with van der Waals surface area (Å²) in [6, 6.07) is 7.12. The number of methoxy groups -OCH3 is 1. The third kappa shape index (κ3) is 2.78. The first-order chi connectivity index (χ1) is 11.5. The Balaban J connectivity index is 1.93. The number of benzene rings is 1. The quantitative estimate of drug-likeness (QED) is 0.577. The van der Waals surface area contributed by atoms with Crippen molar-refractivity contribution < 1.29 is 25.2 Å². The first-order valence-electron chi connectivity index (χ1n) is 7.39. The number of ether oxygens (including phenoxy) is 1. The van der Waals surface area contributed by atoms with Crippen LogP contribution in [0.3, 0.4) is 0 Å². The molecule has 4 N–H and O–H groups in total. The van der Waals surface area contributed by atoms with Gasteiger partial charge >= 0.3 is 0 Å². The number of aliphatic hydroxyl groups is 4. The smallest absolute Gasteiger partial charge is 0.213 e. The Labute approximate surface area is 142 Å². The maximum atomic E-state index is 10.8. The van der Waals surface area contributed by atoms with E-state index in [2.05, 4.69) is 10.3 Å². The Kier molecular flexibility index (Phi) is 4.79. The minimum absolute atomic E-state index is 0.163. The average molecular weight is 353 g/mol. The summed E-state index contributed by atoms with van der Waals surface area (Å²) in [5.74, 6) is 0.863. The van der Waals surface area contributed by atoms with Crippen LogP contribution in [0.15, 0.2) is 30.5 Å². The molecule has 130 valence electrons. The van der Waals surface area contributed by atoms with Crippen molar-refractivity contribution in [2.45, 2.75) is 23.2 Å². The SMILES string of the molecule is COc1ccc(-c2cn([C@@]3(O)[C@@H](O)CS[C@H](CO)[C@@H]3O)nn2)cc1. The maximum absolute atomic E-state index is 10.8. The number of thioether (sulfide) groups is 1. The number of nitrogens with zero attached hydrogens (tertiary/aromatic N) is 3. The fourth-order valence-corrected chi connectivity index (χ4v) is 3.84. The van der Waals surface area contributed by atoms with E-state index in [-0.39, 0.29) is 12.4 Å². The normalized spacial score (nSPS) is 30.3. The van der Waals surface area contributed by atoms with E-state index in [1.807, 2.05) is 0 Å². The lowest BCUT2D eigenvalue weighted by molar-refractivity contribution is -0.206. The van der Waals surface area contributed by atoms with Gasteiger partial charge in [-0.2, -0.15) is 11.8 Å². The van der Waals surface area contributed by atoms with Gasteiger partial charge in [-0.3, -0.25) is 0 Å².